The monoisotopic (exact) mass is 507 g/mol. The van der Waals surface area contributed by atoms with Crippen LogP contribution in [0.3, 0.4) is 0 Å². The second-order valence-corrected chi connectivity index (χ2v) is 9.08. The van der Waals surface area contributed by atoms with Gasteiger partial charge < -0.3 is 13.9 Å². The first-order valence-electron chi connectivity index (χ1n) is 9.79. The summed E-state index contributed by atoms with van der Waals surface area (Å²) >= 11 is 4.68. The molecule has 4 heterocycles. The van der Waals surface area contributed by atoms with E-state index in [2.05, 4.69) is 26.0 Å². The minimum absolute atomic E-state index is 0.248. The molecule has 1 atom stereocenters. The van der Waals surface area contributed by atoms with Gasteiger partial charge in [0, 0.05) is 16.1 Å². The third kappa shape index (κ3) is 3.39. The van der Waals surface area contributed by atoms with E-state index in [-0.39, 0.29) is 12.2 Å². The van der Waals surface area contributed by atoms with Crippen molar-refractivity contribution in [1.29, 1.82) is 0 Å². The second-order valence-electron chi connectivity index (χ2n) is 7.15. The van der Waals surface area contributed by atoms with Crippen LogP contribution in [-0.4, -0.2) is 21.2 Å². The molecule has 3 aromatic heterocycles. The van der Waals surface area contributed by atoms with Crippen molar-refractivity contribution in [2.45, 2.75) is 6.10 Å². The molecular formula is C23H14BrN3O4S. The van der Waals surface area contributed by atoms with Crippen molar-refractivity contribution in [3.8, 4) is 22.8 Å². The van der Waals surface area contributed by atoms with E-state index in [0.29, 0.717) is 32.6 Å². The summed E-state index contributed by atoms with van der Waals surface area (Å²) < 4.78 is 20.4. The Morgan fingerprint density at radius 3 is 2.69 bits per heavy atom. The predicted molar refractivity (Wildman–Crippen MR) is 123 cm³/mol. The lowest BCUT2D eigenvalue weighted by Crippen LogP contribution is -2.26. The van der Waals surface area contributed by atoms with Crippen molar-refractivity contribution in [2.24, 2.45) is 0 Å². The number of benzene rings is 2. The van der Waals surface area contributed by atoms with Crippen LogP contribution in [0, 0.1) is 0 Å². The van der Waals surface area contributed by atoms with Crippen molar-refractivity contribution < 1.29 is 13.9 Å². The minimum Gasteiger partial charge on any atom is -0.485 e. The molecule has 1 aliphatic heterocycles. The number of ether oxygens (including phenoxy) is 2. The predicted octanol–water partition coefficient (Wildman–Crippen LogP) is 4.23. The summed E-state index contributed by atoms with van der Waals surface area (Å²) in [5.41, 5.74) is 0.709. The summed E-state index contributed by atoms with van der Waals surface area (Å²) in [5, 5.41) is 4.38. The molecule has 0 saturated carbocycles. The molecule has 7 nitrogen and oxygen atoms in total. The normalized spacial score (nSPS) is 16.0. The van der Waals surface area contributed by atoms with Crippen LogP contribution in [0.4, 0.5) is 0 Å². The number of furan rings is 1. The van der Waals surface area contributed by atoms with Crippen LogP contribution in [0.25, 0.3) is 22.4 Å². The number of para-hydroxylation sites is 2. The highest BCUT2D eigenvalue weighted by Gasteiger charge is 2.27. The Hall–Kier alpha value is -3.43. The number of hydrogen-bond donors (Lipinski definition) is 0. The number of hydrogen-bond acceptors (Lipinski definition) is 7. The van der Waals surface area contributed by atoms with Gasteiger partial charge in [-0.1, -0.05) is 51.5 Å². The van der Waals surface area contributed by atoms with Crippen LogP contribution in [0.2, 0.25) is 0 Å². The van der Waals surface area contributed by atoms with E-state index in [1.807, 2.05) is 60.7 Å². The van der Waals surface area contributed by atoms with E-state index in [0.717, 1.165) is 15.8 Å². The third-order valence-corrected chi connectivity index (χ3v) is 6.51. The van der Waals surface area contributed by atoms with Crippen LogP contribution in [0.5, 0.6) is 11.5 Å². The van der Waals surface area contributed by atoms with Crippen molar-refractivity contribution in [2.75, 3.05) is 6.61 Å². The first kappa shape index (κ1) is 19.3. The zero-order valence-electron chi connectivity index (χ0n) is 16.4. The molecule has 0 saturated heterocycles. The van der Waals surface area contributed by atoms with Gasteiger partial charge in [-0.25, -0.2) is 0 Å². The summed E-state index contributed by atoms with van der Waals surface area (Å²) in [7, 11) is 0. The SMILES string of the molecule is O=c1/c(=C/c2ccc(-c3ccc(Br)cc3)o2)sc2nc([C@H]3COc4ccccc4O3)nn12. The van der Waals surface area contributed by atoms with Gasteiger partial charge in [-0.2, -0.15) is 9.50 Å². The molecule has 0 radical (unpaired) electrons. The molecule has 2 aromatic carbocycles. The number of nitrogens with zero attached hydrogens (tertiary/aromatic N) is 3. The molecule has 5 aromatic rings. The van der Waals surface area contributed by atoms with E-state index < -0.39 is 6.10 Å². The number of aromatic nitrogens is 3. The van der Waals surface area contributed by atoms with Gasteiger partial charge >= 0.3 is 0 Å². The highest BCUT2D eigenvalue weighted by Crippen LogP contribution is 2.35. The maximum atomic E-state index is 12.9. The van der Waals surface area contributed by atoms with E-state index in [1.165, 1.54) is 15.9 Å². The van der Waals surface area contributed by atoms with E-state index in [4.69, 9.17) is 13.9 Å². The molecule has 0 unspecified atom stereocenters. The van der Waals surface area contributed by atoms with Gasteiger partial charge in [0.2, 0.25) is 4.96 Å². The Morgan fingerprint density at radius 2 is 1.88 bits per heavy atom. The largest absolute Gasteiger partial charge is 0.485 e. The summed E-state index contributed by atoms with van der Waals surface area (Å²) in [6, 6.07) is 19.0. The third-order valence-electron chi connectivity index (χ3n) is 5.02. The lowest BCUT2D eigenvalue weighted by molar-refractivity contribution is 0.0852. The van der Waals surface area contributed by atoms with Crippen molar-refractivity contribution in [3.05, 3.63) is 91.6 Å². The molecule has 0 amide bonds. The highest BCUT2D eigenvalue weighted by atomic mass is 79.9. The topological polar surface area (TPSA) is 78.9 Å². The summed E-state index contributed by atoms with van der Waals surface area (Å²) in [6.45, 7) is 0.285. The number of halogens is 1. The summed E-state index contributed by atoms with van der Waals surface area (Å²) in [4.78, 5) is 17.9. The van der Waals surface area contributed by atoms with E-state index in [9.17, 15) is 4.79 Å². The first-order chi connectivity index (χ1) is 15.6. The van der Waals surface area contributed by atoms with Gasteiger partial charge in [-0.15, -0.1) is 5.10 Å². The van der Waals surface area contributed by atoms with Crippen molar-refractivity contribution >= 4 is 38.3 Å². The summed E-state index contributed by atoms with van der Waals surface area (Å²) in [6.07, 6.45) is 1.24. The average molecular weight is 508 g/mol. The highest BCUT2D eigenvalue weighted by molar-refractivity contribution is 9.10. The molecule has 1 aliphatic rings. The van der Waals surface area contributed by atoms with Crippen LogP contribution in [0.15, 0.2) is 74.3 Å². The Labute approximate surface area is 193 Å². The van der Waals surface area contributed by atoms with Crippen LogP contribution < -0.4 is 19.6 Å². The maximum absolute atomic E-state index is 12.9. The molecule has 9 heteroatoms. The number of rotatable bonds is 3. The van der Waals surface area contributed by atoms with Crippen LogP contribution in [0.1, 0.15) is 17.7 Å². The zero-order valence-corrected chi connectivity index (χ0v) is 18.8. The quantitative estimate of drug-likeness (QED) is 0.363. The van der Waals surface area contributed by atoms with Gasteiger partial charge in [0.15, 0.2) is 23.4 Å². The standard InChI is InChI=1S/C23H14BrN3O4S/c24-14-7-5-13(6-8-14)16-10-9-15(30-16)11-20-22(28)27-23(32-20)25-21(26-27)19-12-29-17-3-1-2-4-18(17)31-19/h1-11,19H,12H2/b20-11-/t19-/m1/s1. The molecule has 158 valence electrons. The first-order valence-corrected chi connectivity index (χ1v) is 11.4. The number of thiazole rings is 1. The summed E-state index contributed by atoms with van der Waals surface area (Å²) in [5.74, 6) is 3.06. The molecule has 6 rings (SSSR count). The van der Waals surface area contributed by atoms with Gasteiger partial charge in [-0.05, 0) is 36.4 Å². The fourth-order valence-electron chi connectivity index (χ4n) is 3.46. The van der Waals surface area contributed by atoms with E-state index >= 15 is 0 Å². The lowest BCUT2D eigenvalue weighted by atomic mass is 10.2. The molecular weight excluding hydrogens is 494 g/mol. The van der Waals surface area contributed by atoms with Crippen molar-refractivity contribution in [1.82, 2.24) is 14.6 Å². The molecule has 0 N–H and O–H groups in total. The molecule has 0 aliphatic carbocycles. The van der Waals surface area contributed by atoms with Gasteiger partial charge in [0.1, 0.15) is 22.7 Å². The fourth-order valence-corrected chi connectivity index (χ4v) is 4.62. The molecule has 0 spiro atoms. The van der Waals surface area contributed by atoms with Crippen LogP contribution in [-0.2, 0) is 0 Å². The van der Waals surface area contributed by atoms with E-state index in [1.54, 1.807) is 6.08 Å². The van der Waals surface area contributed by atoms with Crippen molar-refractivity contribution in [3.63, 3.8) is 0 Å². The van der Waals surface area contributed by atoms with Gasteiger partial charge in [-0.3, -0.25) is 4.79 Å². The Morgan fingerprint density at radius 1 is 1.06 bits per heavy atom. The van der Waals surface area contributed by atoms with Gasteiger partial charge in [0.05, 0.1) is 0 Å². The Bertz CT molecular complexity index is 1550. The lowest BCUT2D eigenvalue weighted by Gasteiger charge is -2.24. The smallest absolute Gasteiger partial charge is 0.291 e. The maximum Gasteiger partial charge on any atom is 0.291 e. The Kier molecular flexibility index (Phi) is 4.58. The van der Waals surface area contributed by atoms with Crippen LogP contribution >= 0.6 is 27.3 Å². The average Bonchev–Trinajstić information content (AvgIpc) is 3.52. The fraction of sp³-hybridized carbons (Fsp3) is 0.0870. The Balaban J connectivity index is 1.30. The molecule has 32 heavy (non-hydrogen) atoms. The molecule has 0 fully saturated rings. The van der Waals surface area contributed by atoms with Gasteiger partial charge in [0.25, 0.3) is 5.56 Å². The zero-order chi connectivity index (χ0) is 21.7. The second kappa shape index (κ2) is 7.61. The number of fused-ring (bicyclic) bond motifs is 2. The minimum atomic E-state index is -0.470. The molecule has 0 bridgehead atoms.